The number of rotatable bonds is 7. The van der Waals surface area contributed by atoms with E-state index >= 15 is 0 Å². The molecule has 34 heavy (non-hydrogen) atoms. The minimum absolute atomic E-state index is 0.124. The Morgan fingerprint density at radius 3 is 2.38 bits per heavy atom. The maximum absolute atomic E-state index is 13.0. The summed E-state index contributed by atoms with van der Waals surface area (Å²) in [6, 6.07) is 20.7. The highest BCUT2D eigenvalue weighted by Gasteiger charge is 2.32. The number of halogens is 2. The lowest BCUT2D eigenvalue weighted by atomic mass is 9.95. The van der Waals surface area contributed by atoms with Gasteiger partial charge in [0.05, 0.1) is 11.6 Å². The topological polar surface area (TPSA) is 76.7 Å². The molecule has 1 aliphatic rings. The van der Waals surface area contributed by atoms with Gasteiger partial charge in [-0.05, 0) is 42.3 Å². The van der Waals surface area contributed by atoms with E-state index in [1.54, 1.807) is 43.3 Å². The van der Waals surface area contributed by atoms with Crippen LogP contribution in [-0.2, 0) is 22.7 Å². The zero-order chi connectivity index (χ0) is 24.1. The highest BCUT2D eigenvalue weighted by molar-refractivity contribution is 6.35. The van der Waals surface area contributed by atoms with Gasteiger partial charge in [-0.1, -0.05) is 71.7 Å². The van der Waals surface area contributed by atoms with Gasteiger partial charge in [-0.3, -0.25) is 0 Å². The molecule has 4 rings (SSSR count). The predicted molar refractivity (Wildman–Crippen MR) is 131 cm³/mol. The number of allylic oxidation sites excluding steroid dienone is 1. The zero-order valence-corrected chi connectivity index (χ0v) is 19.8. The van der Waals surface area contributed by atoms with Crippen LogP contribution < -0.4 is 15.4 Å². The smallest absolute Gasteiger partial charge is 0.338 e. The maximum atomic E-state index is 13.0. The Bertz CT molecular complexity index is 1220. The van der Waals surface area contributed by atoms with Gasteiger partial charge in [0, 0.05) is 21.3 Å². The number of hydrogen-bond acceptors (Lipinski definition) is 4. The number of nitrogens with one attached hydrogen (secondary N) is 2. The van der Waals surface area contributed by atoms with Crippen molar-refractivity contribution >= 4 is 35.2 Å². The van der Waals surface area contributed by atoms with Crippen molar-refractivity contribution in [1.29, 1.82) is 0 Å². The number of amides is 2. The van der Waals surface area contributed by atoms with Crippen LogP contribution in [0.5, 0.6) is 5.75 Å². The molecule has 0 fully saturated rings. The molecule has 1 unspecified atom stereocenters. The van der Waals surface area contributed by atoms with Gasteiger partial charge in [0.25, 0.3) is 0 Å². The van der Waals surface area contributed by atoms with Crippen molar-refractivity contribution in [2.45, 2.75) is 26.2 Å². The van der Waals surface area contributed by atoms with Crippen molar-refractivity contribution in [3.63, 3.8) is 0 Å². The normalized spacial score (nSPS) is 15.4. The number of carbonyl (C=O) groups excluding carboxylic acids is 2. The SMILES string of the molecule is CC1=C(C(=O)OCc2ccccc2)C(c2cccc(OCc3c(Cl)cccc3Cl)c2)NC(=O)N1. The molecule has 0 aromatic heterocycles. The molecule has 8 heteroatoms. The summed E-state index contributed by atoms with van der Waals surface area (Å²) in [5.41, 5.74) is 2.96. The van der Waals surface area contributed by atoms with E-state index in [1.165, 1.54) is 0 Å². The Balaban J connectivity index is 1.54. The number of hydrogen-bond donors (Lipinski definition) is 2. The third-order valence-corrected chi connectivity index (χ3v) is 6.05. The van der Waals surface area contributed by atoms with Gasteiger partial charge in [-0.25, -0.2) is 9.59 Å². The Labute approximate surface area is 207 Å². The van der Waals surface area contributed by atoms with Crippen molar-refractivity contribution in [3.05, 3.63) is 111 Å². The van der Waals surface area contributed by atoms with Crippen LogP contribution in [0.4, 0.5) is 4.79 Å². The largest absolute Gasteiger partial charge is 0.489 e. The third-order valence-electron chi connectivity index (χ3n) is 5.34. The first-order chi connectivity index (χ1) is 16.4. The molecule has 1 heterocycles. The fraction of sp³-hybridized carbons (Fsp3) is 0.154. The van der Waals surface area contributed by atoms with Gasteiger partial charge in [0.2, 0.25) is 0 Å². The fourth-order valence-electron chi connectivity index (χ4n) is 3.62. The van der Waals surface area contributed by atoms with E-state index in [0.29, 0.717) is 38.2 Å². The van der Waals surface area contributed by atoms with Crippen LogP contribution in [0.1, 0.15) is 29.7 Å². The van der Waals surface area contributed by atoms with Gasteiger partial charge >= 0.3 is 12.0 Å². The Morgan fingerprint density at radius 1 is 0.941 bits per heavy atom. The van der Waals surface area contributed by atoms with Crippen LogP contribution in [0.15, 0.2) is 84.1 Å². The van der Waals surface area contributed by atoms with Gasteiger partial charge in [-0.15, -0.1) is 0 Å². The molecule has 2 N–H and O–H groups in total. The Morgan fingerprint density at radius 2 is 1.65 bits per heavy atom. The summed E-state index contributed by atoms with van der Waals surface area (Å²) in [5, 5.41) is 6.48. The van der Waals surface area contributed by atoms with Crippen LogP contribution in [0.2, 0.25) is 10.0 Å². The summed E-state index contributed by atoms with van der Waals surface area (Å²) in [7, 11) is 0. The molecule has 0 spiro atoms. The minimum atomic E-state index is -0.704. The molecular weight excluding hydrogens is 475 g/mol. The average Bonchev–Trinajstić information content (AvgIpc) is 2.82. The molecule has 2 amide bonds. The molecule has 1 aliphatic heterocycles. The van der Waals surface area contributed by atoms with E-state index in [2.05, 4.69) is 10.6 Å². The lowest BCUT2D eigenvalue weighted by Crippen LogP contribution is -2.45. The van der Waals surface area contributed by atoms with Crippen LogP contribution in [0.25, 0.3) is 0 Å². The monoisotopic (exact) mass is 496 g/mol. The second-order valence-corrected chi connectivity index (χ2v) is 8.51. The van der Waals surface area contributed by atoms with Gasteiger partial charge in [0.1, 0.15) is 19.0 Å². The highest BCUT2D eigenvalue weighted by atomic mass is 35.5. The van der Waals surface area contributed by atoms with E-state index in [-0.39, 0.29) is 13.2 Å². The first-order valence-corrected chi connectivity index (χ1v) is 11.3. The highest BCUT2D eigenvalue weighted by Crippen LogP contribution is 2.31. The van der Waals surface area contributed by atoms with Crippen molar-refractivity contribution in [2.24, 2.45) is 0 Å². The number of urea groups is 1. The second kappa shape index (κ2) is 10.6. The fourth-order valence-corrected chi connectivity index (χ4v) is 4.13. The van der Waals surface area contributed by atoms with E-state index in [1.807, 2.05) is 36.4 Å². The van der Waals surface area contributed by atoms with Gasteiger partial charge < -0.3 is 20.1 Å². The molecule has 0 aliphatic carbocycles. The van der Waals surface area contributed by atoms with Gasteiger partial charge in [-0.2, -0.15) is 0 Å². The molecule has 174 valence electrons. The van der Waals surface area contributed by atoms with E-state index in [0.717, 1.165) is 5.56 Å². The van der Waals surface area contributed by atoms with E-state index in [9.17, 15) is 9.59 Å². The summed E-state index contributed by atoms with van der Waals surface area (Å²) >= 11 is 12.5. The minimum Gasteiger partial charge on any atom is -0.489 e. The predicted octanol–water partition coefficient (Wildman–Crippen LogP) is 5.94. The molecule has 6 nitrogen and oxygen atoms in total. The van der Waals surface area contributed by atoms with Crippen LogP contribution in [0, 0.1) is 0 Å². The second-order valence-electron chi connectivity index (χ2n) is 7.69. The summed E-state index contributed by atoms with van der Waals surface area (Å²) < 4.78 is 11.4. The van der Waals surface area contributed by atoms with Crippen molar-refractivity contribution in [3.8, 4) is 5.75 Å². The van der Waals surface area contributed by atoms with Crippen LogP contribution in [0.3, 0.4) is 0 Å². The lowest BCUT2D eigenvalue weighted by Gasteiger charge is -2.28. The quantitative estimate of drug-likeness (QED) is 0.396. The summed E-state index contributed by atoms with van der Waals surface area (Å²) in [4.78, 5) is 25.2. The molecule has 0 saturated carbocycles. The number of carbonyl (C=O) groups is 2. The van der Waals surface area contributed by atoms with E-state index < -0.39 is 18.0 Å². The first kappa shape index (κ1) is 23.7. The Kier molecular flexibility index (Phi) is 7.40. The van der Waals surface area contributed by atoms with Crippen molar-refractivity contribution in [1.82, 2.24) is 10.6 Å². The molecule has 0 bridgehead atoms. The van der Waals surface area contributed by atoms with Crippen LogP contribution in [-0.4, -0.2) is 12.0 Å². The standard InChI is InChI=1S/C26H22Cl2N2O4/c1-16-23(25(31)34-14-17-7-3-2-4-8-17)24(30-26(32)29-16)18-9-5-10-19(13-18)33-15-20-21(27)11-6-12-22(20)28/h2-13,24H,14-15H2,1H3,(H2,29,30,32). The Hall–Kier alpha value is -3.48. The molecule has 1 atom stereocenters. The van der Waals surface area contributed by atoms with Gasteiger partial charge in [0.15, 0.2) is 0 Å². The third kappa shape index (κ3) is 5.53. The average molecular weight is 497 g/mol. The number of esters is 1. The molecule has 0 saturated heterocycles. The summed E-state index contributed by atoms with van der Waals surface area (Å²) in [5.74, 6) is 0.0175. The zero-order valence-electron chi connectivity index (χ0n) is 18.3. The maximum Gasteiger partial charge on any atom is 0.338 e. The molecular formula is C26H22Cl2N2O4. The molecule has 0 radical (unpaired) electrons. The van der Waals surface area contributed by atoms with Crippen LogP contribution >= 0.6 is 23.2 Å². The van der Waals surface area contributed by atoms with E-state index in [4.69, 9.17) is 32.7 Å². The van der Waals surface area contributed by atoms with Crippen molar-refractivity contribution in [2.75, 3.05) is 0 Å². The molecule has 3 aromatic rings. The number of ether oxygens (including phenoxy) is 2. The summed E-state index contributed by atoms with van der Waals surface area (Å²) in [6.07, 6.45) is 0. The lowest BCUT2D eigenvalue weighted by molar-refractivity contribution is -0.140. The number of benzene rings is 3. The first-order valence-electron chi connectivity index (χ1n) is 10.6. The summed E-state index contributed by atoms with van der Waals surface area (Å²) in [6.45, 7) is 1.96. The molecule has 3 aromatic carbocycles. The van der Waals surface area contributed by atoms with Crippen molar-refractivity contribution < 1.29 is 19.1 Å².